The predicted molar refractivity (Wildman–Crippen MR) is 97.4 cm³/mol. The molecule has 0 unspecified atom stereocenters. The van der Waals surface area contributed by atoms with E-state index in [9.17, 15) is 9.59 Å². The summed E-state index contributed by atoms with van der Waals surface area (Å²) in [6.07, 6.45) is 0. The molecule has 2 aromatic rings. The van der Waals surface area contributed by atoms with Crippen molar-refractivity contribution in [3.8, 4) is 5.75 Å². The van der Waals surface area contributed by atoms with Gasteiger partial charge in [0.2, 0.25) is 0 Å². The summed E-state index contributed by atoms with van der Waals surface area (Å²) in [6, 6.07) is 10.2. The van der Waals surface area contributed by atoms with Gasteiger partial charge in [-0.05, 0) is 68.3 Å². The number of esters is 1. The van der Waals surface area contributed by atoms with Gasteiger partial charge in [-0.25, -0.2) is 4.79 Å². The number of rotatable bonds is 6. The topological polar surface area (TPSA) is 64.6 Å². The van der Waals surface area contributed by atoms with Gasteiger partial charge >= 0.3 is 5.97 Å². The number of benzene rings is 2. The lowest BCUT2D eigenvalue weighted by molar-refractivity contribution is -0.118. The second-order valence-corrected chi connectivity index (χ2v) is 5.91. The molecular weight excluding hydrogens is 342 g/mol. The van der Waals surface area contributed by atoms with E-state index in [4.69, 9.17) is 21.1 Å². The second-order valence-electron chi connectivity index (χ2n) is 5.50. The molecule has 0 aliphatic rings. The Balaban J connectivity index is 1.95. The number of ether oxygens (including phenoxy) is 2. The highest BCUT2D eigenvalue weighted by molar-refractivity contribution is 6.31. The number of aryl methyl sites for hydroxylation is 2. The Morgan fingerprint density at radius 3 is 2.48 bits per heavy atom. The predicted octanol–water partition coefficient (Wildman–Crippen LogP) is 4.15. The Morgan fingerprint density at radius 2 is 1.84 bits per heavy atom. The first kappa shape index (κ1) is 18.8. The Hall–Kier alpha value is -2.53. The Bertz CT molecular complexity index is 789. The summed E-state index contributed by atoms with van der Waals surface area (Å²) in [5, 5.41) is 3.41. The average molecular weight is 362 g/mol. The van der Waals surface area contributed by atoms with E-state index in [-0.39, 0.29) is 18.5 Å². The number of hydrogen-bond donors (Lipinski definition) is 1. The van der Waals surface area contributed by atoms with E-state index in [2.05, 4.69) is 5.32 Å². The summed E-state index contributed by atoms with van der Waals surface area (Å²) >= 11 is 5.96. The minimum Gasteiger partial charge on any atom is -0.484 e. The van der Waals surface area contributed by atoms with Crippen LogP contribution in [0.4, 0.5) is 5.69 Å². The van der Waals surface area contributed by atoms with Crippen molar-refractivity contribution >= 4 is 29.2 Å². The van der Waals surface area contributed by atoms with Crippen LogP contribution >= 0.6 is 11.6 Å². The van der Waals surface area contributed by atoms with E-state index in [0.29, 0.717) is 28.6 Å². The van der Waals surface area contributed by atoms with E-state index in [1.807, 2.05) is 13.8 Å². The highest BCUT2D eigenvalue weighted by Crippen LogP contribution is 2.21. The summed E-state index contributed by atoms with van der Waals surface area (Å²) in [5.74, 6) is -0.101. The third-order valence-corrected chi connectivity index (χ3v) is 3.94. The van der Waals surface area contributed by atoms with Gasteiger partial charge in [-0.3, -0.25) is 4.79 Å². The fraction of sp³-hybridized carbons (Fsp3) is 0.263. The van der Waals surface area contributed by atoms with Crippen LogP contribution in [-0.2, 0) is 9.53 Å². The monoisotopic (exact) mass is 361 g/mol. The molecule has 0 fully saturated rings. The molecule has 0 aromatic heterocycles. The molecule has 25 heavy (non-hydrogen) atoms. The molecule has 0 aliphatic heterocycles. The number of hydrogen-bond acceptors (Lipinski definition) is 4. The number of amides is 1. The number of carbonyl (C=O) groups is 2. The molecule has 0 bridgehead atoms. The maximum Gasteiger partial charge on any atom is 0.338 e. The van der Waals surface area contributed by atoms with Crippen LogP contribution in [0.1, 0.15) is 28.4 Å². The molecule has 0 atom stereocenters. The number of anilines is 1. The van der Waals surface area contributed by atoms with Gasteiger partial charge in [0.1, 0.15) is 5.75 Å². The molecule has 6 heteroatoms. The van der Waals surface area contributed by atoms with Crippen LogP contribution in [0.25, 0.3) is 0 Å². The number of carbonyl (C=O) groups excluding carboxylic acids is 2. The van der Waals surface area contributed by atoms with Crippen LogP contribution in [0.15, 0.2) is 36.4 Å². The first-order chi connectivity index (χ1) is 11.9. The lowest BCUT2D eigenvalue weighted by Crippen LogP contribution is -2.20. The lowest BCUT2D eigenvalue weighted by Gasteiger charge is -2.11. The molecular formula is C19H20ClNO4. The van der Waals surface area contributed by atoms with Crippen molar-refractivity contribution in [2.45, 2.75) is 20.8 Å². The molecule has 0 aliphatic carbocycles. The maximum atomic E-state index is 12.1. The van der Waals surface area contributed by atoms with Gasteiger partial charge in [0.05, 0.1) is 12.2 Å². The fourth-order valence-electron chi connectivity index (χ4n) is 2.19. The lowest BCUT2D eigenvalue weighted by atomic mass is 10.1. The van der Waals surface area contributed by atoms with Crippen LogP contribution in [0.2, 0.25) is 5.02 Å². The zero-order valence-corrected chi connectivity index (χ0v) is 15.1. The molecule has 0 heterocycles. The van der Waals surface area contributed by atoms with E-state index >= 15 is 0 Å². The molecule has 0 radical (unpaired) electrons. The van der Waals surface area contributed by atoms with Gasteiger partial charge in [0, 0.05) is 10.7 Å². The smallest absolute Gasteiger partial charge is 0.338 e. The van der Waals surface area contributed by atoms with Crippen molar-refractivity contribution in [2.24, 2.45) is 0 Å². The Labute approximate surface area is 151 Å². The summed E-state index contributed by atoms with van der Waals surface area (Å²) < 4.78 is 10.4. The van der Waals surface area contributed by atoms with Gasteiger partial charge in [-0.2, -0.15) is 0 Å². The van der Waals surface area contributed by atoms with Crippen LogP contribution in [0.5, 0.6) is 5.75 Å². The van der Waals surface area contributed by atoms with Crippen molar-refractivity contribution in [3.05, 3.63) is 58.1 Å². The van der Waals surface area contributed by atoms with Gasteiger partial charge < -0.3 is 14.8 Å². The SMILES string of the molecule is CCOC(=O)c1ccc(NC(=O)COc2ccc(Cl)c(C)c2)c(C)c1. The van der Waals surface area contributed by atoms with Crippen molar-refractivity contribution in [2.75, 3.05) is 18.5 Å². The maximum absolute atomic E-state index is 12.1. The normalized spacial score (nSPS) is 10.2. The Kier molecular flexibility index (Phi) is 6.42. The third-order valence-electron chi connectivity index (χ3n) is 3.51. The third kappa shape index (κ3) is 5.22. The standard InChI is InChI=1S/C19H20ClNO4/c1-4-24-19(23)14-5-8-17(13(3)9-14)21-18(22)11-25-15-6-7-16(20)12(2)10-15/h5-10H,4,11H2,1-3H3,(H,21,22). The van der Waals surface area contributed by atoms with Crippen LogP contribution in [0.3, 0.4) is 0 Å². The molecule has 2 aromatic carbocycles. The van der Waals surface area contributed by atoms with Crippen LogP contribution < -0.4 is 10.1 Å². The first-order valence-electron chi connectivity index (χ1n) is 7.87. The van der Waals surface area contributed by atoms with Crippen LogP contribution in [-0.4, -0.2) is 25.1 Å². The van der Waals surface area contributed by atoms with Gasteiger partial charge in [0.25, 0.3) is 5.91 Å². The van der Waals surface area contributed by atoms with Crippen molar-refractivity contribution < 1.29 is 19.1 Å². The molecule has 5 nitrogen and oxygen atoms in total. The zero-order chi connectivity index (χ0) is 18.4. The molecule has 132 valence electrons. The van der Waals surface area contributed by atoms with E-state index in [0.717, 1.165) is 11.1 Å². The second kappa shape index (κ2) is 8.53. The summed E-state index contributed by atoms with van der Waals surface area (Å²) in [7, 11) is 0. The quantitative estimate of drug-likeness (QED) is 0.785. The number of halogens is 1. The van der Waals surface area contributed by atoms with Crippen molar-refractivity contribution in [1.29, 1.82) is 0 Å². The summed E-state index contributed by atoms with van der Waals surface area (Å²) in [4.78, 5) is 23.8. The molecule has 0 saturated carbocycles. The highest BCUT2D eigenvalue weighted by atomic mass is 35.5. The summed E-state index contributed by atoms with van der Waals surface area (Å²) in [5.41, 5.74) is 2.71. The molecule has 0 spiro atoms. The van der Waals surface area contributed by atoms with Crippen molar-refractivity contribution in [3.63, 3.8) is 0 Å². The average Bonchev–Trinajstić information content (AvgIpc) is 2.58. The van der Waals surface area contributed by atoms with Gasteiger partial charge in [-0.15, -0.1) is 0 Å². The largest absolute Gasteiger partial charge is 0.484 e. The zero-order valence-electron chi connectivity index (χ0n) is 14.4. The minimum atomic E-state index is -0.384. The molecule has 2 rings (SSSR count). The number of nitrogens with one attached hydrogen (secondary N) is 1. The molecule has 1 amide bonds. The highest BCUT2D eigenvalue weighted by Gasteiger charge is 2.11. The summed E-state index contributed by atoms with van der Waals surface area (Å²) in [6.45, 7) is 5.62. The fourth-order valence-corrected chi connectivity index (χ4v) is 2.31. The van der Waals surface area contributed by atoms with E-state index < -0.39 is 0 Å². The molecule has 0 saturated heterocycles. The first-order valence-corrected chi connectivity index (χ1v) is 8.25. The van der Waals surface area contributed by atoms with Gasteiger partial charge in [-0.1, -0.05) is 11.6 Å². The molecule has 1 N–H and O–H groups in total. The van der Waals surface area contributed by atoms with Crippen molar-refractivity contribution in [1.82, 2.24) is 0 Å². The van der Waals surface area contributed by atoms with E-state index in [1.54, 1.807) is 43.3 Å². The van der Waals surface area contributed by atoms with Gasteiger partial charge in [0.15, 0.2) is 6.61 Å². The Morgan fingerprint density at radius 1 is 1.08 bits per heavy atom. The minimum absolute atomic E-state index is 0.125. The van der Waals surface area contributed by atoms with E-state index in [1.165, 1.54) is 0 Å². The van der Waals surface area contributed by atoms with Crippen LogP contribution in [0, 0.1) is 13.8 Å².